The van der Waals surface area contributed by atoms with E-state index < -0.39 is 6.09 Å². The number of rotatable bonds is 8. The van der Waals surface area contributed by atoms with Gasteiger partial charge >= 0.3 is 6.09 Å². The topological polar surface area (TPSA) is 120 Å². The number of ether oxygens (including phenoxy) is 1. The molecule has 0 saturated carbocycles. The van der Waals surface area contributed by atoms with Crippen molar-refractivity contribution in [3.05, 3.63) is 71.3 Å². The van der Waals surface area contributed by atoms with Crippen molar-refractivity contribution in [3.63, 3.8) is 0 Å². The fourth-order valence-corrected chi connectivity index (χ4v) is 2.23. The molecular formula is C20H17N3O4. The van der Waals surface area contributed by atoms with Crippen molar-refractivity contribution < 1.29 is 19.1 Å². The second-order valence-electron chi connectivity index (χ2n) is 5.50. The van der Waals surface area contributed by atoms with Crippen LogP contribution in [0.3, 0.4) is 0 Å². The predicted octanol–water partition coefficient (Wildman–Crippen LogP) is 2.75. The Bertz CT molecular complexity index is 879. The maximum atomic E-state index is 11.9. The van der Waals surface area contributed by atoms with E-state index in [-0.39, 0.29) is 29.1 Å². The van der Waals surface area contributed by atoms with Gasteiger partial charge in [0.1, 0.15) is 17.2 Å². The Morgan fingerprint density at radius 3 is 2.04 bits per heavy atom. The molecule has 0 radical (unpaired) electrons. The Morgan fingerprint density at radius 1 is 1.00 bits per heavy atom. The summed E-state index contributed by atoms with van der Waals surface area (Å²) >= 11 is 0. The number of aldehydes is 2. The zero-order chi connectivity index (χ0) is 19.8. The average Bonchev–Trinajstić information content (AvgIpc) is 2.71. The van der Waals surface area contributed by atoms with E-state index in [0.29, 0.717) is 23.9 Å². The number of amides is 1. The van der Waals surface area contributed by atoms with Gasteiger partial charge in [0.25, 0.3) is 0 Å². The summed E-state index contributed by atoms with van der Waals surface area (Å²) in [5.74, 6) is 0.359. The summed E-state index contributed by atoms with van der Waals surface area (Å²) < 4.78 is 5.15. The summed E-state index contributed by atoms with van der Waals surface area (Å²) in [5, 5.41) is 17.8. The zero-order valence-corrected chi connectivity index (χ0v) is 14.3. The zero-order valence-electron chi connectivity index (χ0n) is 14.3. The highest BCUT2D eigenvalue weighted by Crippen LogP contribution is 2.14. The molecule has 0 atom stereocenters. The lowest BCUT2D eigenvalue weighted by Gasteiger charge is -2.10. The molecule has 1 amide bonds. The van der Waals surface area contributed by atoms with Crippen LogP contribution in [0.5, 0.6) is 5.75 Å². The van der Waals surface area contributed by atoms with E-state index in [9.17, 15) is 14.4 Å². The molecule has 0 saturated heterocycles. The van der Waals surface area contributed by atoms with Gasteiger partial charge in [0.2, 0.25) is 0 Å². The Hall–Kier alpha value is -3.87. The largest absolute Gasteiger partial charge is 0.412 e. The van der Waals surface area contributed by atoms with Gasteiger partial charge < -0.3 is 10.1 Å². The Balaban J connectivity index is 2.10. The van der Waals surface area contributed by atoms with Crippen LogP contribution < -0.4 is 10.1 Å². The van der Waals surface area contributed by atoms with Crippen LogP contribution in [0.15, 0.2) is 49.0 Å². The normalized spacial score (nSPS) is 9.78. The van der Waals surface area contributed by atoms with Crippen molar-refractivity contribution in [3.8, 4) is 5.75 Å². The van der Waals surface area contributed by atoms with Crippen molar-refractivity contribution >= 4 is 36.2 Å². The summed E-state index contributed by atoms with van der Waals surface area (Å²) in [7, 11) is 0. The molecule has 136 valence electrons. The second-order valence-corrected chi connectivity index (χ2v) is 5.50. The van der Waals surface area contributed by atoms with Crippen molar-refractivity contribution in [2.75, 3.05) is 0 Å². The standard InChI is InChI=1S/C20H17N3O4/c1-2-13-3-5-17(6-4-13)27-20(26)23-10-14-7-15(18(21)11-24)9-16(8-14)19(22)12-25/h2-9,11-12,21-22H,1,10H2,(H,23,26). The minimum Gasteiger partial charge on any atom is -0.410 e. The van der Waals surface area contributed by atoms with E-state index in [1.165, 1.54) is 18.2 Å². The molecule has 0 bridgehead atoms. The van der Waals surface area contributed by atoms with Gasteiger partial charge in [-0.1, -0.05) is 24.8 Å². The van der Waals surface area contributed by atoms with Crippen molar-refractivity contribution in [1.82, 2.24) is 5.32 Å². The molecule has 7 heteroatoms. The molecule has 7 nitrogen and oxygen atoms in total. The van der Waals surface area contributed by atoms with Gasteiger partial charge in [-0.2, -0.15) is 0 Å². The number of hydrogen-bond donors (Lipinski definition) is 3. The molecule has 0 aromatic heterocycles. The Kier molecular flexibility index (Phi) is 6.49. The molecule has 2 aromatic rings. The van der Waals surface area contributed by atoms with E-state index in [1.54, 1.807) is 30.3 Å². The number of hydrogen-bond acceptors (Lipinski definition) is 6. The van der Waals surface area contributed by atoms with Gasteiger partial charge in [0.05, 0.1) is 0 Å². The summed E-state index contributed by atoms with van der Waals surface area (Å²) in [6.45, 7) is 3.67. The van der Waals surface area contributed by atoms with Crippen LogP contribution in [0.25, 0.3) is 6.08 Å². The van der Waals surface area contributed by atoms with Gasteiger partial charge in [-0.15, -0.1) is 0 Å². The number of carbonyl (C=O) groups is 3. The second kappa shape index (κ2) is 9.00. The van der Waals surface area contributed by atoms with E-state index in [1.807, 2.05) is 0 Å². The molecular weight excluding hydrogens is 346 g/mol. The number of carbonyl (C=O) groups excluding carboxylic acids is 3. The third-order valence-electron chi connectivity index (χ3n) is 3.61. The van der Waals surface area contributed by atoms with Crippen LogP contribution in [0.2, 0.25) is 0 Å². The predicted molar refractivity (Wildman–Crippen MR) is 102 cm³/mol. The smallest absolute Gasteiger partial charge is 0.410 e. The first-order chi connectivity index (χ1) is 13.0. The van der Waals surface area contributed by atoms with Crippen molar-refractivity contribution in [1.29, 1.82) is 10.8 Å². The van der Waals surface area contributed by atoms with E-state index in [4.69, 9.17) is 15.6 Å². The molecule has 0 aliphatic rings. The molecule has 0 aliphatic heterocycles. The molecule has 0 fully saturated rings. The van der Waals surface area contributed by atoms with Crippen LogP contribution >= 0.6 is 0 Å². The summed E-state index contributed by atoms with van der Waals surface area (Å²) in [5.41, 5.74) is 1.32. The van der Waals surface area contributed by atoms with Gasteiger partial charge in [-0.25, -0.2) is 4.79 Å². The van der Waals surface area contributed by atoms with Gasteiger partial charge in [0, 0.05) is 17.7 Å². The summed E-state index contributed by atoms with van der Waals surface area (Å²) in [6, 6.07) is 11.2. The van der Waals surface area contributed by atoms with Crippen molar-refractivity contribution in [2.45, 2.75) is 6.54 Å². The molecule has 27 heavy (non-hydrogen) atoms. The van der Waals surface area contributed by atoms with Gasteiger partial charge in [-0.05, 0) is 41.5 Å². The Labute approximate surface area is 155 Å². The van der Waals surface area contributed by atoms with E-state index in [0.717, 1.165) is 5.56 Å². The molecule has 2 aromatic carbocycles. The van der Waals surface area contributed by atoms with Crippen LogP contribution in [0.1, 0.15) is 22.3 Å². The lowest BCUT2D eigenvalue weighted by atomic mass is 10.0. The lowest BCUT2D eigenvalue weighted by Crippen LogP contribution is -2.26. The molecule has 0 unspecified atom stereocenters. The number of nitrogens with one attached hydrogen (secondary N) is 3. The number of benzene rings is 2. The molecule has 3 N–H and O–H groups in total. The van der Waals surface area contributed by atoms with Crippen LogP contribution in [-0.2, 0) is 16.1 Å². The minimum atomic E-state index is -0.691. The quantitative estimate of drug-likeness (QED) is 0.493. The van der Waals surface area contributed by atoms with Crippen LogP contribution in [0.4, 0.5) is 4.79 Å². The summed E-state index contributed by atoms with van der Waals surface area (Å²) in [4.78, 5) is 33.6. The molecule has 0 aliphatic carbocycles. The maximum absolute atomic E-state index is 11.9. The molecule has 0 spiro atoms. The van der Waals surface area contributed by atoms with Crippen LogP contribution in [0, 0.1) is 10.8 Å². The van der Waals surface area contributed by atoms with Gasteiger partial charge in [0.15, 0.2) is 12.6 Å². The third-order valence-corrected chi connectivity index (χ3v) is 3.61. The third kappa shape index (κ3) is 5.30. The SMILES string of the molecule is C=Cc1ccc(OC(=O)NCc2cc(C(=N)C=O)cc(C(=N)C=O)c2)cc1. The summed E-state index contributed by atoms with van der Waals surface area (Å²) in [6.07, 6.45) is 1.70. The first-order valence-corrected chi connectivity index (χ1v) is 7.87. The molecule has 2 rings (SSSR count). The fraction of sp³-hybridized carbons (Fsp3) is 0.0500. The first-order valence-electron chi connectivity index (χ1n) is 7.87. The fourth-order valence-electron chi connectivity index (χ4n) is 2.23. The van der Waals surface area contributed by atoms with E-state index >= 15 is 0 Å². The lowest BCUT2D eigenvalue weighted by molar-refractivity contribution is -0.103. The van der Waals surface area contributed by atoms with E-state index in [2.05, 4.69) is 11.9 Å². The molecule has 0 heterocycles. The highest BCUT2D eigenvalue weighted by molar-refractivity contribution is 6.37. The highest BCUT2D eigenvalue weighted by Gasteiger charge is 2.10. The first kappa shape index (κ1) is 19.5. The van der Waals surface area contributed by atoms with Gasteiger partial charge in [-0.3, -0.25) is 20.4 Å². The highest BCUT2D eigenvalue weighted by atomic mass is 16.6. The monoisotopic (exact) mass is 363 g/mol. The van der Waals surface area contributed by atoms with Crippen LogP contribution in [-0.4, -0.2) is 30.1 Å². The average molecular weight is 363 g/mol. The minimum absolute atomic E-state index is 0.0304. The Morgan fingerprint density at radius 2 is 1.56 bits per heavy atom. The maximum Gasteiger partial charge on any atom is 0.412 e. The van der Waals surface area contributed by atoms with Crippen molar-refractivity contribution in [2.24, 2.45) is 0 Å².